The largest absolute Gasteiger partial charge is 0.309 e. The summed E-state index contributed by atoms with van der Waals surface area (Å²) in [5.41, 5.74) is 13.4. The number of nitrogens with zero attached hydrogens (tertiary/aromatic N) is 3. The minimum absolute atomic E-state index is 0.936. The molecule has 7 aromatic carbocycles. The van der Waals surface area contributed by atoms with Crippen molar-refractivity contribution in [2.24, 2.45) is 9.98 Å². The van der Waals surface area contributed by atoms with Crippen molar-refractivity contribution in [3.05, 3.63) is 187 Å². The fraction of sp³-hybridized carbons (Fsp3) is 0.0222. The molecule has 0 saturated carbocycles. The quantitative estimate of drug-likeness (QED) is 0.160. The lowest BCUT2D eigenvalue weighted by molar-refractivity contribution is 1.17. The van der Waals surface area contributed by atoms with Crippen molar-refractivity contribution in [1.29, 1.82) is 0 Å². The number of hydrogen-bond acceptors (Lipinski definition) is 2. The van der Waals surface area contributed by atoms with Crippen molar-refractivity contribution in [2.75, 3.05) is 0 Å². The molecule has 8 aromatic rings. The summed E-state index contributed by atoms with van der Waals surface area (Å²) < 4.78 is 2.38. The first-order valence-electron chi connectivity index (χ1n) is 16.2. The van der Waals surface area contributed by atoms with Gasteiger partial charge in [-0.05, 0) is 89.8 Å². The number of aryl methyl sites for hydroxylation is 1. The van der Waals surface area contributed by atoms with Crippen LogP contribution < -0.4 is 0 Å². The molecule has 0 aliphatic carbocycles. The van der Waals surface area contributed by atoms with E-state index in [2.05, 4.69) is 121 Å². The molecule has 0 bridgehead atoms. The average Bonchev–Trinajstić information content (AvgIpc) is 3.47. The van der Waals surface area contributed by atoms with Crippen LogP contribution >= 0.6 is 0 Å². The van der Waals surface area contributed by atoms with Gasteiger partial charge in [0, 0.05) is 40.0 Å². The minimum Gasteiger partial charge on any atom is -0.309 e. The van der Waals surface area contributed by atoms with Crippen LogP contribution in [0.4, 0.5) is 11.4 Å². The van der Waals surface area contributed by atoms with Gasteiger partial charge in [-0.1, -0.05) is 115 Å². The Labute approximate surface area is 280 Å². The number of aliphatic imine (C=N–C) groups is 2. The number of aromatic nitrogens is 1. The molecule has 0 spiro atoms. The highest BCUT2D eigenvalue weighted by molar-refractivity contribution is 6.12. The normalized spacial score (nSPS) is 11.7. The van der Waals surface area contributed by atoms with Gasteiger partial charge in [-0.25, -0.2) is 0 Å². The molecule has 1 heterocycles. The Morgan fingerprint density at radius 2 is 0.875 bits per heavy atom. The van der Waals surface area contributed by atoms with Crippen molar-refractivity contribution < 1.29 is 0 Å². The van der Waals surface area contributed by atoms with E-state index in [1.54, 1.807) is 0 Å². The van der Waals surface area contributed by atoms with Gasteiger partial charge in [0.2, 0.25) is 0 Å². The lowest BCUT2D eigenvalue weighted by atomic mass is 9.96. The molecule has 1 aromatic heterocycles. The molecule has 48 heavy (non-hydrogen) atoms. The highest BCUT2D eigenvalue weighted by Gasteiger charge is 2.16. The molecular formula is C45H33N3. The smallest absolute Gasteiger partial charge is 0.0629 e. The van der Waals surface area contributed by atoms with E-state index in [1.807, 2.05) is 73.1 Å². The molecule has 0 atom stereocenters. The van der Waals surface area contributed by atoms with Crippen LogP contribution in [-0.4, -0.2) is 17.0 Å². The number of benzene rings is 7. The summed E-state index contributed by atoms with van der Waals surface area (Å²) in [7, 11) is 0. The zero-order valence-corrected chi connectivity index (χ0v) is 26.7. The Morgan fingerprint density at radius 1 is 0.438 bits per heavy atom. The van der Waals surface area contributed by atoms with Crippen molar-refractivity contribution in [2.45, 2.75) is 6.92 Å². The monoisotopic (exact) mass is 615 g/mol. The Kier molecular flexibility index (Phi) is 7.77. The van der Waals surface area contributed by atoms with Crippen LogP contribution in [0.3, 0.4) is 0 Å². The van der Waals surface area contributed by atoms with Gasteiger partial charge in [0.1, 0.15) is 0 Å². The lowest BCUT2D eigenvalue weighted by Crippen LogP contribution is -1.94. The zero-order valence-electron chi connectivity index (χ0n) is 26.7. The van der Waals surface area contributed by atoms with E-state index in [1.165, 1.54) is 27.4 Å². The molecule has 0 aliphatic rings. The number of rotatable bonds is 7. The molecule has 0 unspecified atom stereocenters. The molecule has 0 radical (unpaired) electrons. The molecule has 3 heteroatoms. The third kappa shape index (κ3) is 5.74. The second-order valence-corrected chi connectivity index (χ2v) is 12.0. The maximum atomic E-state index is 4.77. The Morgan fingerprint density at radius 3 is 1.35 bits per heavy atom. The van der Waals surface area contributed by atoms with E-state index in [0.717, 1.165) is 50.4 Å². The SMILES string of the molecule is Cc1ccc(-n2c3ccc(-c4ccccc4C=Nc4ccccc4)cc3c3cc(-c4ccccc4C=Nc4ccccc4)ccc32)cc1. The van der Waals surface area contributed by atoms with Gasteiger partial charge in [0.15, 0.2) is 0 Å². The second-order valence-electron chi connectivity index (χ2n) is 12.0. The fourth-order valence-electron chi connectivity index (χ4n) is 6.39. The van der Waals surface area contributed by atoms with Crippen molar-refractivity contribution >= 4 is 45.6 Å². The standard InChI is InChI=1S/C45H33N3/c1-32-20-24-39(25-21-32)48-44-26-22-33(40-18-10-8-12-35(40)30-46-37-14-4-2-5-15-37)28-42(44)43-29-34(23-27-45(43)48)41-19-11-9-13-36(41)31-47-38-16-6-3-7-17-38/h2-31H,1H3. The van der Waals surface area contributed by atoms with E-state index in [4.69, 9.17) is 9.98 Å². The summed E-state index contributed by atoms with van der Waals surface area (Å²) in [5.74, 6) is 0. The number of fused-ring (bicyclic) bond motifs is 3. The minimum atomic E-state index is 0.936. The Hall–Kier alpha value is -6.32. The summed E-state index contributed by atoms with van der Waals surface area (Å²) in [4.78, 5) is 9.55. The summed E-state index contributed by atoms with van der Waals surface area (Å²) in [6, 6.07) is 59.6. The predicted octanol–water partition coefficient (Wildman–Crippen LogP) is 11.9. The molecular weight excluding hydrogens is 583 g/mol. The van der Waals surface area contributed by atoms with Crippen molar-refractivity contribution in [3.63, 3.8) is 0 Å². The molecule has 8 rings (SSSR count). The molecule has 0 aliphatic heterocycles. The summed E-state index contributed by atoms with van der Waals surface area (Å²) in [6.45, 7) is 2.13. The van der Waals surface area contributed by atoms with Gasteiger partial charge in [-0.2, -0.15) is 0 Å². The topological polar surface area (TPSA) is 29.6 Å². The van der Waals surface area contributed by atoms with Gasteiger partial charge in [0.05, 0.1) is 22.4 Å². The first-order valence-corrected chi connectivity index (χ1v) is 16.2. The molecule has 0 N–H and O–H groups in total. The maximum absolute atomic E-state index is 4.77. The van der Waals surface area contributed by atoms with Crippen molar-refractivity contribution in [3.8, 4) is 27.9 Å². The first-order chi connectivity index (χ1) is 23.7. The summed E-state index contributed by atoms with van der Waals surface area (Å²) >= 11 is 0. The second kappa shape index (κ2) is 12.8. The van der Waals surface area contributed by atoms with Gasteiger partial charge in [0.25, 0.3) is 0 Å². The van der Waals surface area contributed by atoms with Crippen LogP contribution in [-0.2, 0) is 0 Å². The Bertz CT molecular complexity index is 2280. The third-order valence-electron chi connectivity index (χ3n) is 8.82. The van der Waals surface area contributed by atoms with Gasteiger partial charge in [-0.15, -0.1) is 0 Å². The van der Waals surface area contributed by atoms with E-state index in [0.29, 0.717) is 0 Å². The van der Waals surface area contributed by atoms with Crippen LogP contribution in [0.2, 0.25) is 0 Å². The summed E-state index contributed by atoms with van der Waals surface area (Å²) in [5, 5.41) is 2.41. The van der Waals surface area contributed by atoms with Crippen LogP contribution in [0.25, 0.3) is 49.7 Å². The highest BCUT2D eigenvalue weighted by Crippen LogP contribution is 2.38. The number of para-hydroxylation sites is 2. The molecule has 3 nitrogen and oxygen atoms in total. The van der Waals surface area contributed by atoms with Crippen LogP contribution in [0, 0.1) is 6.92 Å². The van der Waals surface area contributed by atoms with Crippen molar-refractivity contribution in [1.82, 2.24) is 4.57 Å². The highest BCUT2D eigenvalue weighted by atomic mass is 15.0. The average molecular weight is 616 g/mol. The van der Waals surface area contributed by atoms with Crippen LogP contribution in [0.15, 0.2) is 180 Å². The molecule has 0 saturated heterocycles. The van der Waals surface area contributed by atoms with Gasteiger partial charge in [-0.3, -0.25) is 9.98 Å². The maximum Gasteiger partial charge on any atom is 0.0629 e. The van der Waals surface area contributed by atoms with E-state index < -0.39 is 0 Å². The molecule has 228 valence electrons. The van der Waals surface area contributed by atoms with E-state index >= 15 is 0 Å². The van der Waals surface area contributed by atoms with Gasteiger partial charge < -0.3 is 4.57 Å². The van der Waals surface area contributed by atoms with E-state index in [9.17, 15) is 0 Å². The first kappa shape index (κ1) is 29.1. The Balaban J connectivity index is 1.30. The summed E-state index contributed by atoms with van der Waals surface area (Å²) in [6.07, 6.45) is 3.94. The van der Waals surface area contributed by atoms with E-state index in [-0.39, 0.29) is 0 Å². The molecule has 0 amide bonds. The number of hydrogen-bond donors (Lipinski definition) is 0. The zero-order chi connectivity index (χ0) is 32.3. The van der Waals surface area contributed by atoms with Crippen LogP contribution in [0.1, 0.15) is 16.7 Å². The molecule has 0 fully saturated rings. The fourth-order valence-corrected chi connectivity index (χ4v) is 6.39. The lowest BCUT2D eigenvalue weighted by Gasteiger charge is -2.10. The van der Waals surface area contributed by atoms with Crippen LogP contribution in [0.5, 0.6) is 0 Å². The predicted molar refractivity (Wildman–Crippen MR) is 204 cm³/mol. The third-order valence-corrected chi connectivity index (χ3v) is 8.82. The van der Waals surface area contributed by atoms with Gasteiger partial charge >= 0.3 is 0 Å².